The van der Waals surface area contributed by atoms with Crippen molar-refractivity contribution in [3.63, 3.8) is 0 Å². The highest BCUT2D eigenvalue weighted by Crippen LogP contribution is 2.21. The number of carbonyl (C=O) groups is 2. The Labute approximate surface area is 188 Å². The Morgan fingerprint density at radius 3 is 2.09 bits per heavy atom. The number of amides is 2. The summed E-state index contributed by atoms with van der Waals surface area (Å²) in [4.78, 5) is 25.5. The number of rotatable bonds is 10. The molecule has 0 bridgehead atoms. The summed E-state index contributed by atoms with van der Waals surface area (Å²) in [6.45, 7) is 5.25. The van der Waals surface area contributed by atoms with E-state index >= 15 is 0 Å². The van der Waals surface area contributed by atoms with Crippen LogP contribution in [0.5, 0.6) is 11.5 Å². The van der Waals surface area contributed by atoms with Gasteiger partial charge in [-0.25, -0.2) is 0 Å². The van der Waals surface area contributed by atoms with Crippen LogP contribution < -0.4 is 20.1 Å². The summed E-state index contributed by atoms with van der Waals surface area (Å²) in [5.74, 6) is 0.848. The van der Waals surface area contributed by atoms with Gasteiger partial charge in [0.1, 0.15) is 11.5 Å². The Bertz CT molecular complexity index is 1030. The molecule has 2 amide bonds. The van der Waals surface area contributed by atoms with Crippen LogP contribution in [0.2, 0.25) is 0 Å². The van der Waals surface area contributed by atoms with E-state index < -0.39 is 0 Å². The van der Waals surface area contributed by atoms with E-state index in [0.717, 1.165) is 24.3 Å². The number of nitrogens with one attached hydrogen (secondary N) is 2. The van der Waals surface area contributed by atoms with Crippen LogP contribution in [0.1, 0.15) is 47.4 Å². The normalized spacial score (nSPS) is 10.3. The van der Waals surface area contributed by atoms with Gasteiger partial charge >= 0.3 is 0 Å². The zero-order chi connectivity index (χ0) is 22.8. The van der Waals surface area contributed by atoms with E-state index in [2.05, 4.69) is 17.6 Å². The first-order chi connectivity index (χ1) is 15.6. The Kier molecular flexibility index (Phi) is 8.26. The van der Waals surface area contributed by atoms with Gasteiger partial charge < -0.3 is 20.1 Å². The summed E-state index contributed by atoms with van der Waals surface area (Å²) in [5.41, 5.74) is 1.92. The van der Waals surface area contributed by atoms with Gasteiger partial charge in [-0.1, -0.05) is 25.5 Å². The predicted molar refractivity (Wildman–Crippen MR) is 127 cm³/mol. The minimum absolute atomic E-state index is 0.300. The monoisotopic (exact) mass is 432 g/mol. The molecule has 2 N–H and O–H groups in total. The van der Waals surface area contributed by atoms with Crippen molar-refractivity contribution in [3.8, 4) is 11.5 Å². The van der Waals surface area contributed by atoms with Crippen molar-refractivity contribution in [1.82, 2.24) is 0 Å². The lowest BCUT2D eigenvalue weighted by Crippen LogP contribution is -2.18. The fourth-order valence-corrected chi connectivity index (χ4v) is 3.02. The minimum Gasteiger partial charge on any atom is -0.494 e. The van der Waals surface area contributed by atoms with Crippen LogP contribution in [0.25, 0.3) is 0 Å². The fraction of sp³-hybridized carbons (Fsp3) is 0.231. The van der Waals surface area contributed by atoms with Gasteiger partial charge in [-0.05, 0) is 74.0 Å². The molecule has 0 unspecified atom stereocenters. The third-order valence-corrected chi connectivity index (χ3v) is 4.73. The van der Waals surface area contributed by atoms with Crippen LogP contribution in [0, 0.1) is 0 Å². The van der Waals surface area contributed by atoms with E-state index in [1.807, 2.05) is 6.92 Å². The first kappa shape index (κ1) is 22.9. The van der Waals surface area contributed by atoms with E-state index in [9.17, 15) is 9.59 Å². The predicted octanol–water partition coefficient (Wildman–Crippen LogP) is 5.77. The first-order valence-electron chi connectivity index (χ1n) is 10.8. The Morgan fingerprint density at radius 1 is 0.750 bits per heavy atom. The first-order valence-corrected chi connectivity index (χ1v) is 10.8. The van der Waals surface area contributed by atoms with Crippen molar-refractivity contribution in [2.45, 2.75) is 26.7 Å². The lowest BCUT2D eigenvalue weighted by molar-refractivity contribution is 0.102. The number of unbranched alkanes of at least 4 members (excludes halogenated alkanes) is 1. The van der Waals surface area contributed by atoms with Crippen molar-refractivity contribution < 1.29 is 19.1 Å². The molecule has 0 fully saturated rings. The van der Waals surface area contributed by atoms with Gasteiger partial charge in [0.2, 0.25) is 0 Å². The van der Waals surface area contributed by atoms with Crippen molar-refractivity contribution in [3.05, 3.63) is 83.9 Å². The summed E-state index contributed by atoms with van der Waals surface area (Å²) in [6.07, 6.45) is 2.05. The molecule has 0 saturated heterocycles. The summed E-state index contributed by atoms with van der Waals surface area (Å²) in [7, 11) is 0. The molecule has 0 heterocycles. The molecular weight excluding hydrogens is 404 g/mol. The Balaban J connectivity index is 1.66. The number of anilines is 2. The standard InChI is InChI=1S/C26H28N2O4/c1-3-5-18-32-22-14-10-19(11-15-22)25(29)28-24-9-7-6-8-23(24)26(30)27-20-12-16-21(17-13-20)31-4-2/h6-17H,3-5,18H2,1-2H3,(H,27,30)(H,28,29). The van der Waals surface area contributed by atoms with Crippen molar-refractivity contribution in [2.24, 2.45) is 0 Å². The molecule has 0 aliphatic heterocycles. The minimum atomic E-state index is -0.315. The quantitative estimate of drug-likeness (QED) is 0.399. The zero-order valence-corrected chi connectivity index (χ0v) is 18.4. The second-order valence-corrected chi connectivity index (χ2v) is 7.14. The van der Waals surface area contributed by atoms with Gasteiger partial charge in [0.15, 0.2) is 0 Å². The van der Waals surface area contributed by atoms with Gasteiger partial charge in [-0.3, -0.25) is 9.59 Å². The lowest BCUT2D eigenvalue weighted by atomic mass is 10.1. The van der Waals surface area contributed by atoms with Crippen LogP contribution >= 0.6 is 0 Å². The third kappa shape index (κ3) is 6.35. The summed E-state index contributed by atoms with van der Waals surface area (Å²) in [5, 5.41) is 5.68. The average Bonchev–Trinajstić information content (AvgIpc) is 2.81. The van der Waals surface area contributed by atoms with Crippen molar-refractivity contribution in [1.29, 1.82) is 0 Å². The fourth-order valence-electron chi connectivity index (χ4n) is 3.02. The van der Waals surface area contributed by atoms with E-state index in [4.69, 9.17) is 9.47 Å². The number of carbonyl (C=O) groups excluding carboxylic acids is 2. The molecule has 0 saturated carbocycles. The summed E-state index contributed by atoms with van der Waals surface area (Å²) >= 11 is 0. The molecule has 166 valence electrons. The molecule has 3 aromatic rings. The largest absolute Gasteiger partial charge is 0.494 e. The van der Waals surface area contributed by atoms with Crippen LogP contribution in [0.15, 0.2) is 72.8 Å². The summed E-state index contributed by atoms with van der Waals surface area (Å²) < 4.78 is 11.1. The number of hydrogen-bond donors (Lipinski definition) is 2. The maximum Gasteiger partial charge on any atom is 0.257 e. The van der Waals surface area contributed by atoms with Gasteiger partial charge in [-0.15, -0.1) is 0 Å². The van der Waals surface area contributed by atoms with Gasteiger partial charge in [-0.2, -0.15) is 0 Å². The van der Waals surface area contributed by atoms with E-state index in [1.54, 1.807) is 72.8 Å². The SMILES string of the molecule is CCCCOc1ccc(C(=O)Nc2ccccc2C(=O)Nc2ccc(OCC)cc2)cc1. The zero-order valence-electron chi connectivity index (χ0n) is 18.4. The molecule has 0 atom stereocenters. The third-order valence-electron chi connectivity index (χ3n) is 4.73. The molecule has 0 aromatic heterocycles. The Hall–Kier alpha value is -3.80. The number of hydrogen-bond acceptors (Lipinski definition) is 4. The number of benzene rings is 3. The number of ether oxygens (including phenoxy) is 2. The van der Waals surface area contributed by atoms with Crippen molar-refractivity contribution >= 4 is 23.2 Å². The molecule has 0 aliphatic rings. The molecule has 0 spiro atoms. The van der Waals surface area contributed by atoms with Crippen LogP contribution in [-0.4, -0.2) is 25.0 Å². The Morgan fingerprint density at radius 2 is 1.41 bits per heavy atom. The maximum absolute atomic E-state index is 12.8. The molecule has 0 aliphatic carbocycles. The van der Waals surface area contributed by atoms with Crippen LogP contribution in [0.3, 0.4) is 0 Å². The lowest BCUT2D eigenvalue weighted by Gasteiger charge is -2.12. The van der Waals surface area contributed by atoms with Gasteiger partial charge in [0.05, 0.1) is 24.5 Å². The maximum atomic E-state index is 12.8. The van der Waals surface area contributed by atoms with Crippen molar-refractivity contribution in [2.75, 3.05) is 23.8 Å². The number of para-hydroxylation sites is 1. The molecule has 3 rings (SSSR count). The highest BCUT2D eigenvalue weighted by atomic mass is 16.5. The van der Waals surface area contributed by atoms with E-state index in [0.29, 0.717) is 35.7 Å². The molecule has 6 nitrogen and oxygen atoms in total. The molecule has 32 heavy (non-hydrogen) atoms. The highest BCUT2D eigenvalue weighted by molar-refractivity contribution is 6.12. The second-order valence-electron chi connectivity index (χ2n) is 7.14. The average molecular weight is 433 g/mol. The van der Waals surface area contributed by atoms with E-state index in [1.165, 1.54) is 0 Å². The van der Waals surface area contributed by atoms with Gasteiger partial charge in [0.25, 0.3) is 11.8 Å². The topological polar surface area (TPSA) is 76.7 Å². The van der Waals surface area contributed by atoms with Crippen LogP contribution in [0.4, 0.5) is 11.4 Å². The summed E-state index contributed by atoms with van der Waals surface area (Å²) in [6, 6.07) is 21.0. The smallest absolute Gasteiger partial charge is 0.257 e. The molecule has 6 heteroatoms. The van der Waals surface area contributed by atoms with Gasteiger partial charge in [0, 0.05) is 11.3 Å². The highest BCUT2D eigenvalue weighted by Gasteiger charge is 2.14. The van der Waals surface area contributed by atoms with Crippen LogP contribution in [-0.2, 0) is 0 Å². The van der Waals surface area contributed by atoms with E-state index in [-0.39, 0.29) is 11.8 Å². The molecule has 0 radical (unpaired) electrons. The molecular formula is C26H28N2O4. The molecule has 3 aromatic carbocycles. The second kappa shape index (κ2) is 11.6.